The minimum Gasteiger partial charge on any atom is -0.493 e. The van der Waals surface area contributed by atoms with Gasteiger partial charge in [-0.15, -0.1) is 0 Å². The molecule has 2 heterocycles. The van der Waals surface area contributed by atoms with E-state index in [-0.39, 0.29) is 28.5 Å². The Bertz CT molecular complexity index is 1530. The van der Waals surface area contributed by atoms with Crippen molar-refractivity contribution in [3.05, 3.63) is 71.2 Å². The molecular weight excluding hydrogens is 603 g/mol. The molecular formula is C29H28F7N3O5. The molecule has 15 heteroatoms. The molecule has 1 aromatic heterocycles. The van der Waals surface area contributed by atoms with Gasteiger partial charge in [-0.3, -0.25) is 4.79 Å². The van der Waals surface area contributed by atoms with Gasteiger partial charge in [-0.25, -0.2) is 9.37 Å². The van der Waals surface area contributed by atoms with Crippen LogP contribution in [0, 0.1) is 11.7 Å². The molecule has 0 aliphatic carbocycles. The molecule has 0 radical (unpaired) electrons. The molecule has 1 amide bonds. The number of fused-ring (bicyclic) bond motifs is 1. The van der Waals surface area contributed by atoms with E-state index in [0.717, 1.165) is 24.3 Å². The average molecular weight is 632 g/mol. The topological polar surface area (TPSA) is 116 Å². The zero-order chi connectivity index (χ0) is 32.7. The Hall–Kier alpha value is -4.11. The molecule has 0 unspecified atom stereocenters. The number of halogens is 7. The van der Waals surface area contributed by atoms with Crippen molar-refractivity contribution in [1.29, 1.82) is 0 Å². The van der Waals surface area contributed by atoms with Crippen LogP contribution in [0.15, 0.2) is 48.5 Å². The highest BCUT2D eigenvalue weighted by atomic mass is 19.4. The van der Waals surface area contributed by atoms with Crippen LogP contribution in [0.5, 0.6) is 17.2 Å². The number of hydrogen-bond donors (Lipinski definition) is 3. The standard InChI is InChI=1S/C29H28F7N3O5/c1-15(2)12-43-20-9-6-17(10-21(20)42-3)25(40)38-13-27(41,29(34,35)36)22-11-19-24(44-14-26(19,37)28(31,32)33)23(39-22)16-4-7-18(30)8-5-16/h4-11,15,41H,12-14,37H2,1-3H3,(H,38,40)/t26-,27-/m0/s1. The molecule has 2 atom stereocenters. The van der Waals surface area contributed by atoms with Crippen LogP contribution in [-0.2, 0) is 11.1 Å². The molecule has 0 fully saturated rings. The highest BCUT2D eigenvalue weighted by Gasteiger charge is 2.61. The molecule has 44 heavy (non-hydrogen) atoms. The Morgan fingerprint density at radius 1 is 1.09 bits per heavy atom. The molecule has 1 aliphatic heterocycles. The van der Waals surface area contributed by atoms with Crippen LogP contribution in [0.4, 0.5) is 30.7 Å². The molecule has 8 nitrogen and oxygen atoms in total. The maximum absolute atomic E-state index is 14.5. The number of benzene rings is 2. The third-order valence-corrected chi connectivity index (χ3v) is 6.92. The van der Waals surface area contributed by atoms with Gasteiger partial charge in [0.25, 0.3) is 5.91 Å². The molecule has 0 bridgehead atoms. The summed E-state index contributed by atoms with van der Waals surface area (Å²) in [6.07, 6.45) is -10.8. The van der Waals surface area contributed by atoms with Crippen LogP contribution in [0.2, 0.25) is 0 Å². The number of aliphatic hydroxyl groups is 1. The summed E-state index contributed by atoms with van der Waals surface area (Å²) in [4.78, 5) is 16.7. The normalized spacial score (nSPS) is 17.9. The molecule has 0 saturated carbocycles. The number of carbonyl (C=O) groups is 1. The molecule has 3 aromatic rings. The Kier molecular flexibility index (Phi) is 8.77. The van der Waals surface area contributed by atoms with Gasteiger partial charge in [0.1, 0.15) is 18.1 Å². The van der Waals surface area contributed by atoms with Crippen LogP contribution in [-0.4, -0.2) is 55.2 Å². The number of nitrogens with two attached hydrogens (primary N) is 1. The summed E-state index contributed by atoms with van der Waals surface area (Å²) in [6, 6.07) is 8.14. The summed E-state index contributed by atoms with van der Waals surface area (Å²) in [7, 11) is 1.29. The monoisotopic (exact) mass is 631 g/mol. The number of carbonyl (C=O) groups excluding carboxylic acids is 1. The summed E-state index contributed by atoms with van der Waals surface area (Å²) in [5.74, 6) is -1.85. The maximum Gasteiger partial charge on any atom is 0.424 e. The Morgan fingerprint density at radius 3 is 2.32 bits per heavy atom. The first-order chi connectivity index (χ1) is 20.4. The Morgan fingerprint density at radius 2 is 1.75 bits per heavy atom. The van der Waals surface area contributed by atoms with Crippen LogP contribution < -0.4 is 25.3 Å². The van der Waals surface area contributed by atoms with E-state index in [1.54, 1.807) is 0 Å². The minimum atomic E-state index is -5.57. The molecule has 4 rings (SSSR count). The third kappa shape index (κ3) is 6.11. The zero-order valence-electron chi connectivity index (χ0n) is 23.6. The predicted molar refractivity (Wildman–Crippen MR) is 143 cm³/mol. The van der Waals surface area contributed by atoms with E-state index in [0.29, 0.717) is 12.7 Å². The second kappa shape index (κ2) is 11.8. The second-order valence-electron chi connectivity index (χ2n) is 10.6. The molecule has 1 aliphatic rings. The van der Waals surface area contributed by atoms with Gasteiger partial charge in [0.05, 0.1) is 26.0 Å². The van der Waals surface area contributed by atoms with Crippen LogP contribution in [0.1, 0.15) is 35.5 Å². The quantitative estimate of drug-likeness (QED) is 0.278. The van der Waals surface area contributed by atoms with Crippen molar-refractivity contribution in [3.8, 4) is 28.5 Å². The van der Waals surface area contributed by atoms with Gasteiger partial charge in [-0.05, 0) is 54.4 Å². The van der Waals surface area contributed by atoms with E-state index in [1.807, 2.05) is 19.2 Å². The predicted octanol–water partition coefficient (Wildman–Crippen LogP) is 5.22. The summed E-state index contributed by atoms with van der Waals surface area (Å²) in [5.41, 5.74) is -4.71. The number of nitrogens with one attached hydrogen (secondary N) is 1. The maximum atomic E-state index is 14.5. The lowest BCUT2D eigenvalue weighted by molar-refractivity contribution is -0.265. The lowest BCUT2D eigenvalue weighted by atomic mass is 9.87. The first-order valence-corrected chi connectivity index (χ1v) is 13.1. The van der Waals surface area contributed by atoms with E-state index in [2.05, 4.69) is 4.98 Å². The number of rotatable bonds is 9. The second-order valence-corrected chi connectivity index (χ2v) is 10.6. The van der Waals surface area contributed by atoms with Crippen LogP contribution in [0.3, 0.4) is 0 Å². The smallest absolute Gasteiger partial charge is 0.424 e. The van der Waals surface area contributed by atoms with E-state index in [9.17, 15) is 40.6 Å². The fourth-order valence-corrected chi connectivity index (χ4v) is 4.36. The van der Waals surface area contributed by atoms with E-state index in [4.69, 9.17) is 19.9 Å². The van der Waals surface area contributed by atoms with Gasteiger partial charge >= 0.3 is 12.4 Å². The van der Waals surface area contributed by atoms with E-state index >= 15 is 0 Å². The van der Waals surface area contributed by atoms with Crippen molar-refractivity contribution < 1.29 is 54.8 Å². The van der Waals surface area contributed by atoms with Crippen molar-refractivity contribution in [2.24, 2.45) is 11.7 Å². The lowest BCUT2D eigenvalue weighted by Gasteiger charge is -2.32. The fraction of sp³-hybridized carbons (Fsp3) is 0.379. The van der Waals surface area contributed by atoms with Gasteiger partial charge in [-0.1, -0.05) is 13.8 Å². The average Bonchev–Trinajstić information content (AvgIpc) is 3.31. The molecule has 4 N–H and O–H groups in total. The van der Waals surface area contributed by atoms with Gasteiger partial charge in [0.15, 0.2) is 22.8 Å². The van der Waals surface area contributed by atoms with Crippen molar-refractivity contribution in [1.82, 2.24) is 10.3 Å². The number of hydrogen-bond acceptors (Lipinski definition) is 7. The van der Waals surface area contributed by atoms with Crippen molar-refractivity contribution >= 4 is 5.91 Å². The summed E-state index contributed by atoms with van der Waals surface area (Å²) in [5, 5.41) is 13.0. The first kappa shape index (κ1) is 32.8. The lowest BCUT2D eigenvalue weighted by Crippen LogP contribution is -2.53. The fourth-order valence-electron chi connectivity index (χ4n) is 4.36. The number of amides is 1. The van der Waals surface area contributed by atoms with Crippen LogP contribution >= 0.6 is 0 Å². The molecule has 0 spiro atoms. The van der Waals surface area contributed by atoms with E-state index in [1.165, 1.54) is 25.3 Å². The SMILES string of the molecule is COc1cc(C(=O)NC[C@](O)(c2cc3c(c(-c4ccc(F)cc4)n2)OC[C@@]3(N)C(F)(F)F)C(F)(F)F)ccc1OCC(C)C. The zero-order valence-corrected chi connectivity index (χ0v) is 23.6. The largest absolute Gasteiger partial charge is 0.493 e. The number of pyridine rings is 1. The number of ether oxygens (including phenoxy) is 3. The summed E-state index contributed by atoms with van der Waals surface area (Å²) >= 11 is 0. The third-order valence-electron chi connectivity index (χ3n) is 6.92. The Balaban J connectivity index is 1.76. The summed E-state index contributed by atoms with van der Waals surface area (Å²) < 4.78 is 115. The van der Waals surface area contributed by atoms with Gasteiger partial charge in [0, 0.05) is 16.7 Å². The van der Waals surface area contributed by atoms with Crippen molar-refractivity contribution in [3.63, 3.8) is 0 Å². The van der Waals surface area contributed by atoms with Gasteiger partial charge < -0.3 is 30.4 Å². The highest BCUT2D eigenvalue weighted by molar-refractivity contribution is 5.95. The van der Waals surface area contributed by atoms with Crippen LogP contribution in [0.25, 0.3) is 11.3 Å². The first-order valence-electron chi connectivity index (χ1n) is 13.1. The molecule has 0 saturated heterocycles. The minimum absolute atomic E-state index is 0.111. The highest BCUT2D eigenvalue weighted by Crippen LogP contribution is 2.51. The van der Waals surface area contributed by atoms with E-state index < -0.39 is 71.1 Å². The van der Waals surface area contributed by atoms with Gasteiger partial charge in [0.2, 0.25) is 5.60 Å². The molecule has 238 valence electrons. The number of nitrogens with zero attached hydrogens (tertiary/aromatic N) is 1. The van der Waals surface area contributed by atoms with Crippen molar-refractivity contribution in [2.45, 2.75) is 37.3 Å². The molecule has 2 aromatic carbocycles. The number of aromatic nitrogens is 1. The Labute approximate surface area is 246 Å². The number of methoxy groups -OCH3 is 1. The van der Waals surface area contributed by atoms with Crippen molar-refractivity contribution in [2.75, 3.05) is 26.9 Å². The summed E-state index contributed by atoms with van der Waals surface area (Å²) in [6.45, 7) is 1.38. The number of alkyl halides is 6. The van der Waals surface area contributed by atoms with Gasteiger partial charge in [-0.2, -0.15) is 26.3 Å².